The number of hydrogen-bond acceptors (Lipinski definition) is 2. The lowest BCUT2D eigenvalue weighted by Gasteiger charge is -2.05. The molecule has 0 spiro atoms. The van der Waals surface area contributed by atoms with Crippen LogP contribution in [0.5, 0.6) is 0 Å². The van der Waals surface area contributed by atoms with E-state index in [4.69, 9.17) is 11.6 Å². The van der Waals surface area contributed by atoms with Crippen LogP contribution < -0.4 is 0 Å². The molecule has 1 aromatic carbocycles. The first kappa shape index (κ1) is 12.5. The van der Waals surface area contributed by atoms with Crippen molar-refractivity contribution >= 4 is 27.5 Å². The highest BCUT2D eigenvalue weighted by atomic mass is 79.9. The first-order valence-corrected chi connectivity index (χ1v) is 6.26. The SMILES string of the molecule is CCc1nc(Br)cc(-c2ccc(F)c(Cl)c2)n1. The van der Waals surface area contributed by atoms with E-state index < -0.39 is 5.82 Å². The summed E-state index contributed by atoms with van der Waals surface area (Å²) in [6.07, 6.45) is 0.737. The summed E-state index contributed by atoms with van der Waals surface area (Å²) in [5.74, 6) is 0.300. The lowest BCUT2D eigenvalue weighted by Crippen LogP contribution is -1.95. The zero-order valence-corrected chi connectivity index (χ0v) is 11.4. The fourth-order valence-electron chi connectivity index (χ4n) is 1.43. The Labute approximate surface area is 112 Å². The Morgan fingerprint density at radius 3 is 2.71 bits per heavy atom. The van der Waals surface area contributed by atoms with Gasteiger partial charge in [0.05, 0.1) is 10.7 Å². The van der Waals surface area contributed by atoms with Crippen LogP contribution in [0.3, 0.4) is 0 Å². The molecule has 0 aliphatic rings. The van der Waals surface area contributed by atoms with Crippen LogP contribution in [0.15, 0.2) is 28.9 Å². The number of aryl methyl sites for hydroxylation is 1. The van der Waals surface area contributed by atoms with Gasteiger partial charge in [0.25, 0.3) is 0 Å². The number of nitrogens with zero attached hydrogens (tertiary/aromatic N) is 2. The molecule has 1 aromatic heterocycles. The van der Waals surface area contributed by atoms with Crippen LogP contribution in [-0.2, 0) is 6.42 Å². The standard InChI is InChI=1S/C12H9BrClFN2/c1-2-12-16-10(6-11(13)17-12)7-3-4-9(15)8(14)5-7/h3-6H,2H2,1H3. The molecule has 2 aromatic rings. The van der Waals surface area contributed by atoms with Gasteiger partial charge in [-0.25, -0.2) is 14.4 Å². The van der Waals surface area contributed by atoms with Crippen LogP contribution in [0.1, 0.15) is 12.7 Å². The molecule has 0 radical (unpaired) electrons. The highest BCUT2D eigenvalue weighted by Gasteiger charge is 2.07. The number of rotatable bonds is 2. The molecule has 88 valence electrons. The van der Waals surface area contributed by atoms with Crippen LogP contribution in [0.25, 0.3) is 11.3 Å². The van der Waals surface area contributed by atoms with E-state index in [9.17, 15) is 4.39 Å². The second-order valence-corrected chi connectivity index (χ2v) is 4.69. The number of hydrogen-bond donors (Lipinski definition) is 0. The monoisotopic (exact) mass is 314 g/mol. The van der Waals surface area contributed by atoms with Crippen molar-refractivity contribution in [3.8, 4) is 11.3 Å². The van der Waals surface area contributed by atoms with Crippen molar-refractivity contribution in [3.05, 3.63) is 45.5 Å². The number of aromatic nitrogens is 2. The summed E-state index contributed by atoms with van der Waals surface area (Å²) in [5.41, 5.74) is 1.50. The molecule has 0 aliphatic carbocycles. The van der Waals surface area contributed by atoms with Crippen molar-refractivity contribution in [1.82, 2.24) is 9.97 Å². The second kappa shape index (κ2) is 5.10. The third-order valence-corrected chi connectivity index (χ3v) is 2.97. The molecule has 2 rings (SSSR count). The van der Waals surface area contributed by atoms with E-state index in [1.54, 1.807) is 18.2 Å². The lowest BCUT2D eigenvalue weighted by molar-refractivity contribution is 0.628. The molecule has 5 heteroatoms. The molecule has 1 heterocycles. The van der Waals surface area contributed by atoms with E-state index in [0.29, 0.717) is 4.60 Å². The Kier molecular flexibility index (Phi) is 3.74. The second-order valence-electron chi connectivity index (χ2n) is 3.47. The maximum Gasteiger partial charge on any atom is 0.141 e. The fourth-order valence-corrected chi connectivity index (χ4v) is 2.03. The van der Waals surface area contributed by atoms with E-state index in [1.807, 2.05) is 6.92 Å². The van der Waals surface area contributed by atoms with Gasteiger partial charge in [0.1, 0.15) is 16.2 Å². The topological polar surface area (TPSA) is 25.8 Å². The average Bonchev–Trinajstić information content (AvgIpc) is 2.32. The van der Waals surface area contributed by atoms with E-state index in [1.165, 1.54) is 6.07 Å². The van der Waals surface area contributed by atoms with Gasteiger partial charge in [0.2, 0.25) is 0 Å². The highest BCUT2D eigenvalue weighted by Crippen LogP contribution is 2.25. The Morgan fingerprint density at radius 2 is 2.06 bits per heavy atom. The summed E-state index contributed by atoms with van der Waals surface area (Å²) >= 11 is 9.07. The maximum atomic E-state index is 13.1. The van der Waals surface area contributed by atoms with Gasteiger partial charge >= 0.3 is 0 Å². The molecule has 0 bridgehead atoms. The van der Waals surface area contributed by atoms with Crippen molar-refractivity contribution in [2.24, 2.45) is 0 Å². The normalized spacial score (nSPS) is 10.6. The molecule has 0 fully saturated rings. The van der Waals surface area contributed by atoms with E-state index in [0.717, 1.165) is 23.5 Å². The summed E-state index contributed by atoms with van der Waals surface area (Å²) in [6, 6.07) is 6.32. The molecule has 0 saturated heterocycles. The minimum Gasteiger partial charge on any atom is -0.233 e. The van der Waals surface area contributed by atoms with E-state index in [2.05, 4.69) is 25.9 Å². The minimum atomic E-state index is -0.431. The summed E-state index contributed by atoms with van der Waals surface area (Å²) < 4.78 is 13.8. The largest absolute Gasteiger partial charge is 0.233 e. The molecular weight excluding hydrogens is 307 g/mol. The highest BCUT2D eigenvalue weighted by molar-refractivity contribution is 9.10. The molecule has 0 amide bonds. The Balaban J connectivity index is 2.52. The summed E-state index contributed by atoms with van der Waals surface area (Å²) in [4.78, 5) is 8.59. The quantitative estimate of drug-likeness (QED) is 0.774. The third-order valence-electron chi connectivity index (χ3n) is 2.27. The van der Waals surface area contributed by atoms with Gasteiger partial charge in [0, 0.05) is 12.0 Å². The zero-order chi connectivity index (χ0) is 12.4. The van der Waals surface area contributed by atoms with Gasteiger partial charge in [-0.05, 0) is 40.2 Å². The van der Waals surface area contributed by atoms with Crippen molar-refractivity contribution in [2.45, 2.75) is 13.3 Å². The third kappa shape index (κ3) is 2.82. The van der Waals surface area contributed by atoms with Gasteiger partial charge in [-0.15, -0.1) is 0 Å². The van der Waals surface area contributed by atoms with Crippen LogP contribution in [0, 0.1) is 5.82 Å². The Hall–Kier alpha value is -1.00. The molecule has 0 unspecified atom stereocenters. The van der Waals surface area contributed by atoms with Crippen molar-refractivity contribution in [3.63, 3.8) is 0 Å². The van der Waals surface area contributed by atoms with Gasteiger partial charge in [-0.1, -0.05) is 18.5 Å². The summed E-state index contributed by atoms with van der Waals surface area (Å²) in [6.45, 7) is 1.98. The molecule has 0 saturated carbocycles. The maximum absolute atomic E-state index is 13.1. The minimum absolute atomic E-state index is 0.0929. The Morgan fingerprint density at radius 1 is 1.29 bits per heavy atom. The van der Waals surface area contributed by atoms with Gasteiger partial charge in [0.15, 0.2) is 0 Å². The molecule has 17 heavy (non-hydrogen) atoms. The van der Waals surface area contributed by atoms with Crippen LogP contribution >= 0.6 is 27.5 Å². The smallest absolute Gasteiger partial charge is 0.141 e. The first-order valence-electron chi connectivity index (χ1n) is 5.09. The zero-order valence-electron chi connectivity index (χ0n) is 9.04. The van der Waals surface area contributed by atoms with Gasteiger partial charge in [-0.3, -0.25) is 0 Å². The van der Waals surface area contributed by atoms with E-state index >= 15 is 0 Å². The van der Waals surface area contributed by atoms with Crippen LogP contribution in [0.4, 0.5) is 4.39 Å². The summed E-state index contributed by atoms with van der Waals surface area (Å²) in [7, 11) is 0. The lowest BCUT2D eigenvalue weighted by atomic mass is 10.1. The molecule has 2 nitrogen and oxygen atoms in total. The van der Waals surface area contributed by atoms with Crippen LogP contribution in [-0.4, -0.2) is 9.97 Å². The van der Waals surface area contributed by atoms with Crippen molar-refractivity contribution < 1.29 is 4.39 Å². The molecular formula is C12H9BrClFN2. The Bertz CT molecular complexity index is 560. The number of benzene rings is 1. The number of halogens is 3. The average molecular weight is 316 g/mol. The molecule has 0 aliphatic heterocycles. The van der Waals surface area contributed by atoms with Crippen LogP contribution in [0.2, 0.25) is 5.02 Å². The van der Waals surface area contributed by atoms with Gasteiger partial charge in [-0.2, -0.15) is 0 Å². The van der Waals surface area contributed by atoms with Gasteiger partial charge < -0.3 is 0 Å². The first-order chi connectivity index (χ1) is 8.10. The summed E-state index contributed by atoms with van der Waals surface area (Å²) in [5, 5.41) is 0.0929. The fraction of sp³-hybridized carbons (Fsp3) is 0.167. The predicted molar refractivity (Wildman–Crippen MR) is 69.5 cm³/mol. The van der Waals surface area contributed by atoms with Crippen molar-refractivity contribution in [1.29, 1.82) is 0 Å². The van der Waals surface area contributed by atoms with E-state index in [-0.39, 0.29) is 5.02 Å². The predicted octanol–water partition coefficient (Wildman–Crippen LogP) is 4.26. The molecule has 0 atom stereocenters. The van der Waals surface area contributed by atoms with Crippen molar-refractivity contribution in [2.75, 3.05) is 0 Å². The molecule has 0 N–H and O–H groups in total.